The second-order valence-electron chi connectivity index (χ2n) is 3.72. The molecule has 0 aromatic rings. The first kappa shape index (κ1) is 14.3. The lowest BCUT2D eigenvalue weighted by atomic mass is 10.0. The molecule has 0 aliphatic carbocycles. The van der Waals surface area contributed by atoms with Gasteiger partial charge >= 0.3 is 0 Å². The monoisotopic (exact) mass is 250 g/mol. The maximum atomic E-state index is 5.94. The van der Waals surface area contributed by atoms with Gasteiger partial charge in [0.05, 0.1) is 12.7 Å². The molecule has 4 atom stereocenters. The Kier molecular flexibility index (Phi) is 6.68. The molecule has 1 fully saturated rings. The molecule has 0 saturated carbocycles. The normalized spacial score (nSPS) is 35.2. The van der Waals surface area contributed by atoms with Crippen LogP contribution in [-0.2, 0) is 18.9 Å². The predicted molar refractivity (Wildman–Crippen MR) is 64.9 cm³/mol. The van der Waals surface area contributed by atoms with Crippen molar-refractivity contribution < 1.29 is 18.9 Å². The third-order valence-electron chi connectivity index (χ3n) is 2.74. The van der Waals surface area contributed by atoms with E-state index < -0.39 is 0 Å². The van der Waals surface area contributed by atoms with Crippen LogP contribution in [0.3, 0.4) is 0 Å². The molecule has 0 aromatic carbocycles. The summed E-state index contributed by atoms with van der Waals surface area (Å²) in [4.78, 5) is 0. The Morgan fingerprint density at radius 1 is 1.25 bits per heavy atom. The average Bonchev–Trinajstić information content (AvgIpc) is 2.29. The lowest BCUT2D eigenvalue weighted by molar-refractivity contribution is -0.179. The molecule has 1 rings (SSSR count). The minimum atomic E-state index is -0.0438. The molecule has 1 aliphatic rings. The average molecular weight is 250 g/mol. The van der Waals surface area contributed by atoms with Gasteiger partial charge in [-0.05, 0) is 5.75 Å². The fourth-order valence-corrected chi connectivity index (χ4v) is 2.94. The number of ether oxygens (including phenoxy) is 4. The first-order valence-electron chi connectivity index (χ1n) is 5.58. The first-order valence-corrected chi connectivity index (χ1v) is 6.63. The second-order valence-corrected chi connectivity index (χ2v) is 5.16. The van der Waals surface area contributed by atoms with E-state index in [1.165, 1.54) is 0 Å². The van der Waals surface area contributed by atoms with Crippen LogP contribution < -0.4 is 0 Å². The molecule has 96 valence electrons. The topological polar surface area (TPSA) is 36.9 Å². The second kappa shape index (κ2) is 7.50. The smallest absolute Gasteiger partial charge is 0.112 e. The van der Waals surface area contributed by atoms with Gasteiger partial charge < -0.3 is 18.9 Å². The number of hydrogen-bond donors (Lipinski definition) is 0. The first-order chi connectivity index (χ1) is 7.76. The number of rotatable bonds is 6. The van der Waals surface area contributed by atoms with Crippen LogP contribution in [0.1, 0.15) is 13.3 Å². The summed E-state index contributed by atoms with van der Waals surface area (Å²) in [5.41, 5.74) is 0.182. The summed E-state index contributed by atoms with van der Waals surface area (Å²) in [6.45, 7) is 2.67. The van der Waals surface area contributed by atoms with Gasteiger partial charge in [-0.3, -0.25) is 0 Å². The van der Waals surface area contributed by atoms with Crippen molar-refractivity contribution in [1.82, 2.24) is 0 Å². The van der Waals surface area contributed by atoms with Crippen molar-refractivity contribution in [1.29, 1.82) is 0 Å². The summed E-state index contributed by atoms with van der Waals surface area (Å²) in [7, 11) is 5.09. The van der Waals surface area contributed by atoms with Crippen LogP contribution in [0, 0.1) is 0 Å². The van der Waals surface area contributed by atoms with E-state index in [0.717, 1.165) is 12.2 Å². The van der Waals surface area contributed by atoms with Crippen LogP contribution in [0.4, 0.5) is 0 Å². The van der Waals surface area contributed by atoms with Crippen LogP contribution >= 0.6 is 11.8 Å². The predicted octanol–water partition coefficient (Wildman–Crippen LogP) is 1.53. The van der Waals surface area contributed by atoms with E-state index >= 15 is 0 Å². The Balaban J connectivity index is 2.62. The molecule has 0 spiro atoms. The summed E-state index contributed by atoms with van der Waals surface area (Å²) < 4.78 is 22.0. The van der Waals surface area contributed by atoms with Gasteiger partial charge in [0.25, 0.3) is 0 Å². The van der Waals surface area contributed by atoms with Crippen molar-refractivity contribution in [3.8, 4) is 0 Å². The highest BCUT2D eigenvalue weighted by atomic mass is 32.2. The zero-order valence-electron chi connectivity index (χ0n) is 10.5. The van der Waals surface area contributed by atoms with Crippen LogP contribution in [-0.4, -0.2) is 57.4 Å². The highest BCUT2D eigenvalue weighted by Crippen LogP contribution is 2.30. The van der Waals surface area contributed by atoms with Gasteiger partial charge in [0.2, 0.25) is 0 Å². The standard InChI is InChI=1S/C11H22O4S/c1-5-16-10-6-8(13-3)11(14-4)9(15-10)7-12-2/h8-11H,5-7H2,1-4H3/t8-,9-,10?,11+/m1/s1. The molecule has 1 unspecified atom stereocenters. The van der Waals surface area contributed by atoms with Gasteiger partial charge in [0, 0.05) is 27.8 Å². The zero-order chi connectivity index (χ0) is 12.0. The molecule has 1 heterocycles. The van der Waals surface area contributed by atoms with Crippen LogP contribution in [0.2, 0.25) is 0 Å². The summed E-state index contributed by atoms with van der Waals surface area (Å²) in [5, 5.41) is 0. The van der Waals surface area contributed by atoms with Crippen LogP contribution in [0.25, 0.3) is 0 Å². The zero-order valence-corrected chi connectivity index (χ0v) is 11.3. The molecule has 0 amide bonds. The van der Waals surface area contributed by atoms with Gasteiger partial charge in [0.15, 0.2) is 0 Å². The molecular formula is C11H22O4S. The summed E-state index contributed by atoms with van der Waals surface area (Å²) in [6.07, 6.45) is 0.868. The van der Waals surface area contributed by atoms with Gasteiger partial charge in [-0.15, -0.1) is 11.8 Å². The Hall–Kier alpha value is 0.190. The number of hydrogen-bond acceptors (Lipinski definition) is 5. The molecular weight excluding hydrogens is 228 g/mol. The third kappa shape index (κ3) is 3.60. The minimum Gasteiger partial charge on any atom is -0.382 e. The van der Waals surface area contributed by atoms with Crippen molar-refractivity contribution in [2.75, 3.05) is 33.7 Å². The number of thioether (sulfide) groups is 1. The molecule has 5 heteroatoms. The molecule has 0 bridgehead atoms. The Bertz CT molecular complexity index is 191. The van der Waals surface area contributed by atoms with Crippen molar-refractivity contribution in [2.24, 2.45) is 0 Å². The Labute approximate surface area is 102 Å². The SMILES string of the molecule is CCSC1C[C@@H](OC)[C@H](OC)[C@@H](COC)O1. The van der Waals surface area contributed by atoms with Crippen LogP contribution in [0.5, 0.6) is 0 Å². The Morgan fingerprint density at radius 3 is 2.50 bits per heavy atom. The molecule has 1 saturated heterocycles. The van der Waals surface area contributed by atoms with E-state index in [4.69, 9.17) is 18.9 Å². The lowest BCUT2D eigenvalue weighted by Gasteiger charge is -2.39. The van der Waals surface area contributed by atoms with Gasteiger partial charge in [0.1, 0.15) is 17.6 Å². The minimum absolute atomic E-state index is 0.0429. The maximum absolute atomic E-state index is 5.94. The van der Waals surface area contributed by atoms with E-state index in [-0.39, 0.29) is 23.7 Å². The lowest BCUT2D eigenvalue weighted by Crippen LogP contribution is -2.51. The largest absolute Gasteiger partial charge is 0.382 e. The third-order valence-corrected chi connectivity index (χ3v) is 3.75. The van der Waals surface area contributed by atoms with Gasteiger partial charge in [-0.1, -0.05) is 6.92 Å². The fourth-order valence-electron chi connectivity index (χ4n) is 2.02. The van der Waals surface area contributed by atoms with Gasteiger partial charge in [-0.25, -0.2) is 0 Å². The summed E-state index contributed by atoms with van der Waals surface area (Å²) in [6, 6.07) is 0. The van der Waals surface area contributed by atoms with Crippen LogP contribution in [0.15, 0.2) is 0 Å². The molecule has 0 aromatic heterocycles. The van der Waals surface area contributed by atoms with E-state index in [2.05, 4.69) is 6.92 Å². The van der Waals surface area contributed by atoms with Crippen molar-refractivity contribution in [2.45, 2.75) is 37.1 Å². The van der Waals surface area contributed by atoms with Gasteiger partial charge in [-0.2, -0.15) is 0 Å². The molecule has 1 aliphatic heterocycles. The Morgan fingerprint density at radius 2 is 2.00 bits per heavy atom. The van der Waals surface area contributed by atoms with Crippen molar-refractivity contribution in [3.63, 3.8) is 0 Å². The molecule has 0 radical (unpaired) electrons. The van der Waals surface area contributed by atoms with Crippen molar-refractivity contribution >= 4 is 11.8 Å². The fraction of sp³-hybridized carbons (Fsp3) is 1.00. The van der Waals surface area contributed by atoms with E-state index in [9.17, 15) is 0 Å². The molecule has 4 nitrogen and oxygen atoms in total. The number of methoxy groups -OCH3 is 3. The highest BCUT2D eigenvalue weighted by molar-refractivity contribution is 7.99. The quantitative estimate of drug-likeness (QED) is 0.714. The van der Waals surface area contributed by atoms with E-state index in [1.807, 2.05) is 0 Å². The summed E-state index contributed by atoms with van der Waals surface area (Å²) >= 11 is 1.80. The van der Waals surface area contributed by atoms with E-state index in [1.54, 1.807) is 33.1 Å². The van der Waals surface area contributed by atoms with Crippen molar-refractivity contribution in [3.05, 3.63) is 0 Å². The molecule has 16 heavy (non-hydrogen) atoms. The maximum Gasteiger partial charge on any atom is 0.112 e. The summed E-state index contributed by atoms with van der Waals surface area (Å²) in [5.74, 6) is 1.04. The highest BCUT2D eigenvalue weighted by Gasteiger charge is 2.39. The molecule has 0 N–H and O–H groups in total. The van der Waals surface area contributed by atoms with E-state index in [0.29, 0.717) is 6.61 Å².